The van der Waals surface area contributed by atoms with E-state index in [4.69, 9.17) is 9.84 Å². The van der Waals surface area contributed by atoms with E-state index < -0.39 is 0 Å². The normalized spacial score (nSPS) is 12.2. The summed E-state index contributed by atoms with van der Waals surface area (Å²) in [5.74, 6) is 3.04. The first-order valence-electron chi connectivity index (χ1n) is 5.72. The molecule has 0 rings (SSSR count). The average Bonchev–Trinajstić information content (AvgIpc) is 2.38. The molecule has 102 valence electrons. The minimum absolute atomic E-state index is 0.0829. The van der Waals surface area contributed by atoms with E-state index in [1.54, 1.807) is 0 Å². The summed E-state index contributed by atoms with van der Waals surface area (Å²) in [7, 11) is 1.49. The number of hydrogen-bond donors (Lipinski definition) is 2. The number of halogens is 1. The Kier molecular flexibility index (Phi) is 13.4. The third-order valence-electron chi connectivity index (χ3n) is 1.97. The van der Waals surface area contributed by atoms with Crippen LogP contribution in [0.3, 0.4) is 0 Å². The maximum atomic E-state index is 8.52. The van der Waals surface area contributed by atoms with Crippen LogP contribution in [0.2, 0.25) is 0 Å². The zero-order chi connectivity index (χ0) is 13.6. The lowest BCUT2D eigenvalue weighted by molar-refractivity contribution is 0.0943. The van der Waals surface area contributed by atoms with Crippen LogP contribution in [0.4, 0.5) is 0 Å². The molecule has 0 bridgehead atoms. The lowest BCUT2D eigenvalue weighted by Crippen LogP contribution is -2.22. The lowest BCUT2D eigenvalue weighted by atomic mass is 10.2. The molecule has 5 heteroatoms. The monoisotopic (exact) mass is 381 g/mol. The summed E-state index contributed by atoms with van der Waals surface area (Å²) in [6, 6.07) is 0. The molecule has 0 saturated heterocycles. The summed E-state index contributed by atoms with van der Waals surface area (Å²) in [5, 5.41) is 14.7. The van der Waals surface area contributed by atoms with Gasteiger partial charge >= 0.3 is 0 Å². The molecular formula is C13H20INO2S. The van der Waals surface area contributed by atoms with Gasteiger partial charge in [-0.1, -0.05) is 23.6 Å². The van der Waals surface area contributed by atoms with Crippen molar-refractivity contribution in [1.82, 2.24) is 5.32 Å². The lowest BCUT2D eigenvalue weighted by Gasteiger charge is -2.05. The van der Waals surface area contributed by atoms with Crippen LogP contribution in [0, 0.1) is 11.2 Å². The van der Waals surface area contributed by atoms with E-state index in [1.165, 1.54) is 14.5 Å². The molecule has 18 heavy (non-hydrogen) atoms. The summed E-state index contributed by atoms with van der Waals surface area (Å²) in [6.07, 6.45) is 4.10. The van der Waals surface area contributed by atoms with E-state index in [2.05, 4.69) is 50.7 Å². The zero-order valence-electron chi connectivity index (χ0n) is 10.8. The standard InChI is InChI=1S/C13H20INO2S/c1-12(5-10-18-14)3-4-13(2)11-15-6-8-17-9-7-16/h3-4,15-16H,6-9,11H2,1-2H3/b12-3+,13-4+. The topological polar surface area (TPSA) is 41.5 Å². The van der Waals surface area contributed by atoms with E-state index in [-0.39, 0.29) is 6.61 Å². The quantitative estimate of drug-likeness (QED) is 0.294. The minimum atomic E-state index is 0.0829. The van der Waals surface area contributed by atoms with Crippen LogP contribution < -0.4 is 5.32 Å². The predicted molar refractivity (Wildman–Crippen MR) is 87.7 cm³/mol. The molecule has 0 aliphatic rings. The van der Waals surface area contributed by atoms with Crippen LogP contribution in [0.5, 0.6) is 0 Å². The molecule has 0 aliphatic heterocycles. The summed E-state index contributed by atoms with van der Waals surface area (Å²) >= 11 is 2.16. The Morgan fingerprint density at radius 1 is 1.39 bits per heavy atom. The van der Waals surface area contributed by atoms with Gasteiger partial charge in [0.05, 0.1) is 19.8 Å². The SMILES string of the molecule is C/C(C#CSI)=C\C=C(/C)CNCCOCCO. The van der Waals surface area contributed by atoms with E-state index in [0.717, 1.165) is 18.7 Å². The molecule has 0 radical (unpaired) electrons. The molecule has 0 aromatic carbocycles. The first kappa shape index (κ1) is 18.0. The third-order valence-corrected chi connectivity index (χ3v) is 2.81. The van der Waals surface area contributed by atoms with Gasteiger partial charge in [-0.05, 0) is 33.6 Å². The Morgan fingerprint density at radius 2 is 2.17 bits per heavy atom. The Labute approximate surface area is 126 Å². The fourth-order valence-electron chi connectivity index (χ4n) is 1.06. The van der Waals surface area contributed by atoms with Crippen LogP contribution in [0.25, 0.3) is 0 Å². The van der Waals surface area contributed by atoms with Gasteiger partial charge in [0.1, 0.15) is 0 Å². The molecule has 3 nitrogen and oxygen atoms in total. The first-order valence-corrected chi connectivity index (χ1v) is 9.08. The zero-order valence-corrected chi connectivity index (χ0v) is 13.8. The number of nitrogens with one attached hydrogen (secondary N) is 1. The molecule has 0 saturated carbocycles. The van der Waals surface area contributed by atoms with Gasteiger partial charge in [-0.15, -0.1) is 0 Å². The van der Waals surface area contributed by atoms with Crippen LogP contribution >= 0.6 is 30.1 Å². The van der Waals surface area contributed by atoms with Crippen molar-refractivity contribution in [3.8, 4) is 11.2 Å². The summed E-state index contributed by atoms with van der Waals surface area (Å²) in [4.78, 5) is 0. The Bertz CT molecular complexity index is 332. The van der Waals surface area contributed by atoms with Gasteiger partial charge in [0.25, 0.3) is 0 Å². The highest BCUT2D eigenvalue weighted by atomic mass is 127. The third kappa shape index (κ3) is 12.5. The molecular weight excluding hydrogens is 361 g/mol. The highest BCUT2D eigenvalue weighted by molar-refractivity contribution is 14.2. The molecule has 0 atom stereocenters. The second-order valence-electron chi connectivity index (χ2n) is 3.68. The van der Waals surface area contributed by atoms with Gasteiger partial charge in [-0.25, -0.2) is 0 Å². The minimum Gasteiger partial charge on any atom is -0.394 e. The molecule has 0 spiro atoms. The van der Waals surface area contributed by atoms with Crippen LogP contribution in [-0.4, -0.2) is 38.0 Å². The molecule has 0 amide bonds. The van der Waals surface area contributed by atoms with E-state index in [9.17, 15) is 0 Å². The fourth-order valence-corrected chi connectivity index (χ4v) is 1.59. The van der Waals surface area contributed by atoms with Gasteiger partial charge < -0.3 is 15.2 Å². The predicted octanol–water partition coefficient (Wildman–Crippen LogP) is 2.52. The molecule has 0 unspecified atom stereocenters. The molecule has 0 aromatic heterocycles. The molecule has 0 fully saturated rings. The van der Waals surface area contributed by atoms with Crippen LogP contribution in [0.1, 0.15) is 13.8 Å². The molecule has 0 heterocycles. The van der Waals surface area contributed by atoms with Gasteiger partial charge in [-0.3, -0.25) is 0 Å². The second kappa shape index (κ2) is 13.4. The largest absolute Gasteiger partial charge is 0.394 e. The number of hydrogen-bond acceptors (Lipinski definition) is 4. The van der Waals surface area contributed by atoms with E-state index in [0.29, 0.717) is 13.2 Å². The van der Waals surface area contributed by atoms with Gasteiger partial charge in [-0.2, -0.15) is 0 Å². The second-order valence-corrected chi connectivity index (χ2v) is 5.36. The van der Waals surface area contributed by atoms with E-state index >= 15 is 0 Å². The summed E-state index contributed by atoms with van der Waals surface area (Å²) < 4.78 is 5.14. The molecule has 2 N–H and O–H groups in total. The Balaban J connectivity index is 3.77. The average molecular weight is 381 g/mol. The van der Waals surface area contributed by atoms with Crippen molar-refractivity contribution in [1.29, 1.82) is 0 Å². The highest BCUT2D eigenvalue weighted by Gasteiger charge is 1.90. The fraction of sp³-hybridized carbons (Fsp3) is 0.538. The number of rotatable bonds is 8. The van der Waals surface area contributed by atoms with Crippen molar-refractivity contribution < 1.29 is 9.84 Å². The maximum Gasteiger partial charge on any atom is 0.0698 e. The van der Waals surface area contributed by atoms with Gasteiger partial charge in [0.15, 0.2) is 0 Å². The number of aliphatic hydroxyl groups is 1. The van der Waals surface area contributed by atoms with Crippen molar-refractivity contribution in [2.45, 2.75) is 13.8 Å². The van der Waals surface area contributed by atoms with Crippen LogP contribution in [0.15, 0.2) is 23.3 Å². The van der Waals surface area contributed by atoms with Gasteiger partial charge in [0.2, 0.25) is 0 Å². The number of aliphatic hydroxyl groups excluding tert-OH is 1. The number of ether oxygens (including phenoxy) is 1. The van der Waals surface area contributed by atoms with Crippen molar-refractivity contribution >= 4 is 30.1 Å². The Morgan fingerprint density at radius 3 is 2.83 bits per heavy atom. The van der Waals surface area contributed by atoms with Crippen molar-refractivity contribution in [3.05, 3.63) is 23.3 Å². The Hall–Kier alpha value is -0.0000000000000000139. The summed E-state index contributed by atoms with van der Waals surface area (Å²) in [5.41, 5.74) is 2.31. The first-order chi connectivity index (χ1) is 8.70. The molecule has 0 aliphatic carbocycles. The van der Waals surface area contributed by atoms with Crippen LogP contribution in [-0.2, 0) is 4.74 Å². The smallest absolute Gasteiger partial charge is 0.0698 e. The van der Waals surface area contributed by atoms with Crippen molar-refractivity contribution in [3.63, 3.8) is 0 Å². The molecule has 0 aromatic rings. The van der Waals surface area contributed by atoms with Crippen molar-refractivity contribution in [2.24, 2.45) is 0 Å². The van der Waals surface area contributed by atoms with E-state index in [1.807, 2.05) is 13.0 Å². The van der Waals surface area contributed by atoms with Gasteiger partial charge in [0, 0.05) is 34.3 Å². The summed E-state index contributed by atoms with van der Waals surface area (Å²) in [6.45, 7) is 6.82. The maximum absolute atomic E-state index is 8.52. The number of allylic oxidation sites excluding steroid dienone is 3. The van der Waals surface area contributed by atoms with Crippen molar-refractivity contribution in [2.75, 3.05) is 32.9 Å². The highest BCUT2D eigenvalue weighted by Crippen LogP contribution is 2.07.